The number of ether oxygens (including phenoxy) is 1. The number of aliphatic imine (C=N–C) groups is 1. The first-order chi connectivity index (χ1) is 14.6. The van der Waals surface area contributed by atoms with Gasteiger partial charge < -0.3 is 4.74 Å². The molecule has 0 saturated carbocycles. The van der Waals surface area contributed by atoms with Crippen molar-refractivity contribution in [3.63, 3.8) is 0 Å². The number of benzene rings is 1. The van der Waals surface area contributed by atoms with Crippen LogP contribution in [0, 0.1) is 0 Å². The minimum atomic E-state index is -0.390. The summed E-state index contributed by atoms with van der Waals surface area (Å²) in [6, 6.07) is 12.4. The molecule has 4 nitrogen and oxygen atoms in total. The van der Waals surface area contributed by atoms with Crippen LogP contribution in [-0.2, 0) is 16.7 Å². The molecule has 0 bridgehead atoms. The quantitative estimate of drug-likeness (QED) is 0.299. The van der Waals surface area contributed by atoms with Crippen molar-refractivity contribution in [1.29, 1.82) is 0 Å². The van der Waals surface area contributed by atoms with Crippen molar-refractivity contribution >= 4 is 46.6 Å². The highest BCUT2D eigenvalue weighted by molar-refractivity contribution is 8.00. The van der Waals surface area contributed by atoms with E-state index in [2.05, 4.69) is 35.7 Å². The van der Waals surface area contributed by atoms with E-state index in [9.17, 15) is 4.79 Å². The van der Waals surface area contributed by atoms with Crippen molar-refractivity contribution in [3.8, 4) is 11.3 Å². The van der Waals surface area contributed by atoms with E-state index in [1.165, 1.54) is 24.0 Å². The van der Waals surface area contributed by atoms with Crippen LogP contribution >= 0.6 is 34.4 Å². The van der Waals surface area contributed by atoms with E-state index in [1.807, 2.05) is 30.7 Å². The smallest absolute Gasteiger partial charge is 0.348 e. The monoisotopic (exact) mass is 454 g/mol. The lowest BCUT2D eigenvalue weighted by atomic mass is 9.93. The normalized spacial score (nSPS) is 17.5. The molecule has 0 spiro atoms. The third kappa shape index (κ3) is 4.29. The summed E-state index contributed by atoms with van der Waals surface area (Å²) in [7, 11) is 1.41. The van der Waals surface area contributed by atoms with Crippen LogP contribution in [0.25, 0.3) is 11.3 Å². The zero-order valence-corrected chi connectivity index (χ0v) is 19.3. The van der Waals surface area contributed by atoms with Gasteiger partial charge in [0.1, 0.15) is 15.4 Å². The van der Waals surface area contributed by atoms with E-state index < -0.39 is 5.54 Å². The number of allylic oxidation sites excluding steroid dienone is 1. The van der Waals surface area contributed by atoms with Crippen LogP contribution in [0.15, 0.2) is 63.1 Å². The summed E-state index contributed by atoms with van der Waals surface area (Å²) < 4.78 is 5.95. The Hall–Kier alpha value is -2.22. The highest BCUT2D eigenvalue weighted by atomic mass is 32.2. The summed E-state index contributed by atoms with van der Waals surface area (Å²) in [6.45, 7) is 0. The molecule has 0 radical (unpaired) electrons. The summed E-state index contributed by atoms with van der Waals surface area (Å²) in [6.07, 6.45) is 11.0. The molecule has 0 saturated heterocycles. The van der Waals surface area contributed by atoms with Gasteiger partial charge in [0.05, 0.1) is 17.0 Å². The summed E-state index contributed by atoms with van der Waals surface area (Å²) in [4.78, 5) is 22.3. The first-order valence-corrected chi connectivity index (χ1v) is 12.6. The number of aryl methyl sites for hydroxylation is 1. The number of nitrogens with zero attached hydrogens (tertiary/aromatic N) is 2. The van der Waals surface area contributed by atoms with E-state index in [0.717, 1.165) is 39.7 Å². The van der Waals surface area contributed by atoms with Gasteiger partial charge in [-0.1, -0.05) is 30.3 Å². The average Bonchev–Trinajstić information content (AvgIpc) is 3.52. The molecule has 3 aromatic rings. The molecule has 154 valence electrons. The Balaban J connectivity index is 1.57. The highest BCUT2D eigenvalue weighted by Gasteiger charge is 2.33. The van der Waals surface area contributed by atoms with Gasteiger partial charge in [0.2, 0.25) is 0 Å². The lowest BCUT2D eigenvalue weighted by Gasteiger charge is -2.21. The number of carbonyl (C=O) groups is 1. The van der Waals surface area contributed by atoms with Crippen LogP contribution in [0.3, 0.4) is 0 Å². The highest BCUT2D eigenvalue weighted by Crippen LogP contribution is 2.42. The topological polar surface area (TPSA) is 51.5 Å². The van der Waals surface area contributed by atoms with Gasteiger partial charge in [0, 0.05) is 17.2 Å². The maximum absolute atomic E-state index is 12.0. The first-order valence-electron chi connectivity index (χ1n) is 9.65. The third-order valence-corrected chi connectivity index (χ3v) is 8.31. The van der Waals surface area contributed by atoms with Crippen molar-refractivity contribution in [2.45, 2.75) is 29.0 Å². The van der Waals surface area contributed by atoms with Crippen LogP contribution in [0.4, 0.5) is 0 Å². The molecule has 0 fully saturated rings. The second-order valence-corrected chi connectivity index (χ2v) is 9.93. The van der Waals surface area contributed by atoms with Crippen molar-refractivity contribution < 1.29 is 9.53 Å². The second-order valence-electron chi connectivity index (χ2n) is 6.95. The fourth-order valence-corrected chi connectivity index (χ4v) is 6.29. The SMILES string of the molecule is COC(=O)c1cc(-c2csc(C3(CCCc4ccccc4)C=CC=N3)n2)c(SC)s1. The minimum absolute atomic E-state index is 0.308. The van der Waals surface area contributed by atoms with Crippen molar-refractivity contribution in [1.82, 2.24) is 4.98 Å². The standard InChI is InChI=1S/C23H22N2O2S3/c1-27-20(26)19-14-17(21(28-2)30-19)18-15-29-22(25-18)23(12-7-13-24-23)11-6-10-16-8-4-3-5-9-16/h3-5,7-9,12-15H,6,10-11H2,1-2H3. The number of thioether (sulfide) groups is 1. The average molecular weight is 455 g/mol. The van der Waals surface area contributed by atoms with E-state index in [-0.39, 0.29) is 5.97 Å². The lowest BCUT2D eigenvalue weighted by molar-refractivity contribution is 0.0606. The Morgan fingerprint density at radius 2 is 2.10 bits per heavy atom. The van der Waals surface area contributed by atoms with Crippen LogP contribution in [0.5, 0.6) is 0 Å². The van der Waals surface area contributed by atoms with E-state index >= 15 is 0 Å². The first kappa shape index (κ1) is 21.0. The van der Waals surface area contributed by atoms with Gasteiger partial charge in [-0.3, -0.25) is 4.99 Å². The van der Waals surface area contributed by atoms with Gasteiger partial charge in [-0.15, -0.1) is 34.4 Å². The van der Waals surface area contributed by atoms with Gasteiger partial charge >= 0.3 is 5.97 Å². The molecule has 1 atom stereocenters. The summed E-state index contributed by atoms with van der Waals surface area (Å²) >= 11 is 4.70. The fraction of sp³-hybridized carbons (Fsp3) is 0.261. The summed E-state index contributed by atoms with van der Waals surface area (Å²) in [5, 5.41) is 3.06. The van der Waals surface area contributed by atoms with Crippen molar-refractivity contribution in [2.24, 2.45) is 4.99 Å². The Morgan fingerprint density at radius 1 is 1.27 bits per heavy atom. The number of methoxy groups -OCH3 is 1. The maximum Gasteiger partial charge on any atom is 0.348 e. The number of thiophene rings is 1. The second kappa shape index (κ2) is 9.29. The number of carbonyl (C=O) groups excluding carboxylic acids is 1. The van der Waals surface area contributed by atoms with Crippen molar-refractivity contribution in [3.05, 3.63) is 69.4 Å². The molecule has 0 aliphatic carbocycles. The van der Waals surface area contributed by atoms with Crippen LogP contribution in [-0.4, -0.2) is 30.5 Å². The Kier molecular flexibility index (Phi) is 6.51. The van der Waals surface area contributed by atoms with E-state index in [4.69, 9.17) is 14.7 Å². The molecule has 30 heavy (non-hydrogen) atoms. The zero-order valence-electron chi connectivity index (χ0n) is 16.8. The minimum Gasteiger partial charge on any atom is -0.465 e. The van der Waals surface area contributed by atoms with Crippen molar-refractivity contribution in [2.75, 3.05) is 13.4 Å². The number of hydrogen-bond acceptors (Lipinski definition) is 7. The Bertz CT molecular complexity index is 1070. The molecule has 0 N–H and O–H groups in total. The largest absolute Gasteiger partial charge is 0.465 e. The van der Waals surface area contributed by atoms with Gasteiger partial charge in [0.15, 0.2) is 0 Å². The summed E-state index contributed by atoms with van der Waals surface area (Å²) in [5.41, 5.74) is 2.83. The molecule has 0 amide bonds. The maximum atomic E-state index is 12.0. The molecule has 1 unspecified atom stereocenters. The lowest BCUT2D eigenvalue weighted by Crippen LogP contribution is -2.19. The molecule has 1 aliphatic heterocycles. The number of aromatic nitrogens is 1. The zero-order chi connectivity index (χ0) is 21.0. The molecule has 1 aromatic carbocycles. The number of hydrogen-bond donors (Lipinski definition) is 0. The van der Waals surface area contributed by atoms with Crippen LogP contribution in [0.1, 0.15) is 33.1 Å². The molecule has 7 heteroatoms. The van der Waals surface area contributed by atoms with Crippen LogP contribution < -0.4 is 0 Å². The van der Waals surface area contributed by atoms with Gasteiger partial charge in [-0.05, 0) is 49.3 Å². The van der Waals surface area contributed by atoms with E-state index in [1.54, 1.807) is 23.1 Å². The Morgan fingerprint density at radius 3 is 2.80 bits per heavy atom. The number of thiazole rings is 1. The summed E-state index contributed by atoms with van der Waals surface area (Å²) in [5.74, 6) is -0.308. The van der Waals surface area contributed by atoms with Gasteiger partial charge in [0.25, 0.3) is 0 Å². The molecular formula is C23H22N2O2S3. The fourth-order valence-electron chi connectivity index (χ4n) is 3.51. The molecule has 2 aromatic heterocycles. The predicted molar refractivity (Wildman–Crippen MR) is 127 cm³/mol. The van der Waals surface area contributed by atoms with Crippen LogP contribution in [0.2, 0.25) is 0 Å². The van der Waals surface area contributed by atoms with E-state index in [0.29, 0.717) is 4.88 Å². The number of rotatable bonds is 8. The predicted octanol–water partition coefficient (Wildman–Crippen LogP) is 6.24. The Labute approximate surface area is 188 Å². The van der Waals surface area contributed by atoms with Gasteiger partial charge in [-0.25, -0.2) is 9.78 Å². The van der Waals surface area contributed by atoms with Gasteiger partial charge in [-0.2, -0.15) is 0 Å². The third-order valence-electron chi connectivity index (χ3n) is 5.05. The molecule has 3 heterocycles. The molecular weight excluding hydrogens is 432 g/mol. The number of esters is 1. The molecule has 4 rings (SSSR count). The molecule has 1 aliphatic rings.